The van der Waals surface area contributed by atoms with Crippen LogP contribution >= 0.6 is 11.8 Å². The molecule has 0 aliphatic rings. The molecule has 1 amide bonds. The van der Waals surface area contributed by atoms with Gasteiger partial charge < -0.3 is 15.1 Å². The molecule has 0 aliphatic heterocycles. The van der Waals surface area contributed by atoms with Gasteiger partial charge in [-0.15, -0.1) is 6.58 Å². The minimum absolute atomic E-state index is 0.00802. The Bertz CT molecular complexity index is 318. The summed E-state index contributed by atoms with van der Waals surface area (Å²) < 4.78 is 0. The highest BCUT2D eigenvalue weighted by Crippen LogP contribution is 1.96. The third kappa shape index (κ3) is 8.85. The first-order valence-corrected chi connectivity index (χ1v) is 8.21. The molecule has 0 aliphatic carbocycles. The molecule has 0 unspecified atom stereocenters. The van der Waals surface area contributed by atoms with E-state index in [-0.39, 0.29) is 12.5 Å². The first kappa shape index (κ1) is 18.8. The van der Waals surface area contributed by atoms with Crippen molar-refractivity contribution in [3.63, 3.8) is 0 Å². The SMILES string of the molecule is C=CCCCN(C)C(=NCC(=O)N(C)C)NCCSC. The fourth-order valence-electron chi connectivity index (χ4n) is 1.44. The van der Waals surface area contributed by atoms with Crippen molar-refractivity contribution >= 4 is 23.6 Å². The molecule has 5 nitrogen and oxygen atoms in total. The number of nitrogens with zero attached hydrogens (tertiary/aromatic N) is 3. The number of carbonyl (C=O) groups is 1. The highest BCUT2D eigenvalue weighted by molar-refractivity contribution is 7.98. The molecule has 0 radical (unpaired) electrons. The van der Waals surface area contributed by atoms with Gasteiger partial charge in [-0.2, -0.15) is 11.8 Å². The Balaban J connectivity index is 4.48. The smallest absolute Gasteiger partial charge is 0.243 e. The molecule has 20 heavy (non-hydrogen) atoms. The fourth-order valence-corrected chi connectivity index (χ4v) is 1.75. The van der Waals surface area contributed by atoms with Gasteiger partial charge in [-0.3, -0.25) is 4.79 Å². The number of aliphatic imine (C=N–C) groups is 1. The van der Waals surface area contributed by atoms with Gasteiger partial charge in [0.05, 0.1) is 0 Å². The van der Waals surface area contributed by atoms with Crippen molar-refractivity contribution in [2.45, 2.75) is 12.8 Å². The molecule has 0 saturated heterocycles. The maximum atomic E-state index is 11.6. The second-order valence-corrected chi connectivity index (χ2v) is 5.69. The van der Waals surface area contributed by atoms with Gasteiger partial charge in [-0.25, -0.2) is 4.99 Å². The summed E-state index contributed by atoms with van der Waals surface area (Å²) >= 11 is 1.78. The molecule has 0 aromatic heterocycles. The predicted molar refractivity (Wildman–Crippen MR) is 89.4 cm³/mol. The zero-order valence-corrected chi connectivity index (χ0v) is 14.0. The Kier molecular flexibility index (Phi) is 11.0. The summed E-state index contributed by atoms with van der Waals surface area (Å²) in [6.07, 6.45) is 6.01. The molecule has 0 aromatic carbocycles. The second-order valence-electron chi connectivity index (χ2n) is 4.70. The summed E-state index contributed by atoms with van der Waals surface area (Å²) in [6.45, 7) is 5.65. The van der Waals surface area contributed by atoms with Gasteiger partial charge in [-0.1, -0.05) is 6.08 Å². The van der Waals surface area contributed by atoms with Gasteiger partial charge in [0, 0.05) is 40.0 Å². The van der Waals surface area contributed by atoms with Gasteiger partial charge in [-0.05, 0) is 19.1 Å². The summed E-state index contributed by atoms with van der Waals surface area (Å²) in [5.74, 6) is 1.81. The molecule has 0 rings (SSSR count). The van der Waals surface area contributed by atoms with Crippen LogP contribution in [0.25, 0.3) is 0 Å². The summed E-state index contributed by atoms with van der Waals surface area (Å²) in [7, 11) is 5.48. The fraction of sp³-hybridized carbons (Fsp3) is 0.714. The van der Waals surface area contributed by atoms with Crippen LogP contribution in [0.2, 0.25) is 0 Å². The summed E-state index contributed by atoms with van der Waals surface area (Å²) in [6, 6.07) is 0. The molecular formula is C14H28N4OS. The van der Waals surface area contributed by atoms with Crippen LogP contribution in [0.4, 0.5) is 0 Å². The molecule has 116 valence electrons. The Morgan fingerprint density at radius 2 is 2.10 bits per heavy atom. The number of unbranched alkanes of at least 4 members (excludes halogenated alkanes) is 1. The Hall–Kier alpha value is -1.17. The standard InChI is InChI=1S/C14H28N4OS/c1-6-7-8-10-18(4)14(15-9-11-20-5)16-12-13(19)17(2)3/h6H,1,7-12H2,2-5H3,(H,15,16). The minimum atomic E-state index is 0.00802. The molecule has 0 atom stereocenters. The molecule has 0 spiro atoms. The molecule has 1 N–H and O–H groups in total. The summed E-state index contributed by atoms with van der Waals surface area (Å²) in [4.78, 5) is 19.6. The number of hydrogen-bond acceptors (Lipinski definition) is 3. The normalized spacial score (nSPS) is 11.1. The summed E-state index contributed by atoms with van der Waals surface area (Å²) in [5, 5.41) is 3.30. The first-order valence-electron chi connectivity index (χ1n) is 6.82. The number of rotatable bonds is 9. The van der Waals surface area contributed by atoms with Crippen molar-refractivity contribution in [3.8, 4) is 0 Å². The van der Waals surface area contributed by atoms with Crippen molar-refractivity contribution < 1.29 is 4.79 Å². The van der Waals surface area contributed by atoms with E-state index < -0.39 is 0 Å². The van der Waals surface area contributed by atoms with E-state index in [4.69, 9.17) is 0 Å². The van der Waals surface area contributed by atoms with Gasteiger partial charge in [0.2, 0.25) is 5.91 Å². The van der Waals surface area contributed by atoms with E-state index in [0.717, 1.165) is 37.6 Å². The number of likely N-dealkylation sites (N-methyl/N-ethyl adjacent to an activating group) is 1. The van der Waals surface area contributed by atoms with Crippen LogP contribution in [0.1, 0.15) is 12.8 Å². The molecule has 0 heterocycles. The van der Waals surface area contributed by atoms with Crippen LogP contribution < -0.4 is 5.32 Å². The van der Waals surface area contributed by atoms with Crippen LogP contribution in [0, 0.1) is 0 Å². The second kappa shape index (κ2) is 11.6. The largest absolute Gasteiger partial charge is 0.355 e. The number of carbonyl (C=O) groups excluding carboxylic acids is 1. The van der Waals surface area contributed by atoms with Crippen molar-refractivity contribution in [2.75, 3.05) is 52.8 Å². The van der Waals surface area contributed by atoms with Crippen molar-refractivity contribution in [1.82, 2.24) is 15.1 Å². The summed E-state index contributed by atoms with van der Waals surface area (Å²) in [5.41, 5.74) is 0. The van der Waals surface area contributed by atoms with E-state index in [1.54, 1.807) is 30.8 Å². The van der Waals surface area contributed by atoms with Crippen LogP contribution in [-0.2, 0) is 4.79 Å². The molecule has 0 bridgehead atoms. The maximum absolute atomic E-state index is 11.6. The predicted octanol–water partition coefficient (Wildman–Crippen LogP) is 1.28. The van der Waals surface area contributed by atoms with E-state index in [1.807, 2.05) is 13.1 Å². The topological polar surface area (TPSA) is 47.9 Å². The van der Waals surface area contributed by atoms with Gasteiger partial charge in [0.15, 0.2) is 5.96 Å². The number of amides is 1. The van der Waals surface area contributed by atoms with Crippen LogP contribution in [-0.4, -0.2) is 74.5 Å². The third-order valence-electron chi connectivity index (χ3n) is 2.72. The number of guanidine groups is 1. The monoisotopic (exact) mass is 300 g/mol. The molecule has 6 heteroatoms. The number of hydrogen-bond donors (Lipinski definition) is 1. The average Bonchev–Trinajstić information content (AvgIpc) is 2.42. The Morgan fingerprint density at radius 3 is 2.65 bits per heavy atom. The maximum Gasteiger partial charge on any atom is 0.243 e. The quantitative estimate of drug-likeness (QED) is 0.302. The molecular weight excluding hydrogens is 272 g/mol. The Labute approximate surface area is 127 Å². The van der Waals surface area contributed by atoms with Crippen LogP contribution in [0.15, 0.2) is 17.6 Å². The highest BCUT2D eigenvalue weighted by Gasteiger charge is 2.08. The number of thioether (sulfide) groups is 1. The van der Waals surface area contributed by atoms with E-state index >= 15 is 0 Å². The van der Waals surface area contributed by atoms with Gasteiger partial charge >= 0.3 is 0 Å². The van der Waals surface area contributed by atoms with E-state index in [0.29, 0.717) is 0 Å². The third-order valence-corrected chi connectivity index (χ3v) is 3.33. The molecule has 0 saturated carbocycles. The lowest BCUT2D eigenvalue weighted by Crippen LogP contribution is -2.41. The van der Waals surface area contributed by atoms with Crippen molar-refractivity contribution in [3.05, 3.63) is 12.7 Å². The number of nitrogens with one attached hydrogen (secondary N) is 1. The van der Waals surface area contributed by atoms with Crippen LogP contribution in [0.5, 0.6) is 0 Å². The van der Waals surface area contributed by atoms with Crippen molar-refractivity contribution in [1.29, 1.82) is 0 Å². The lowest BCUT2D eigenvalue weighted by Gasteiger charge is -2.22. The minimum Gasteiger partial charge on any atom is -0.355 e. The van der Waals surface area contributed by atoms with Gasteiger partial charge in [0.25, 0.3) is 0 Å². The van der Waals surface area contributed by atoms with Crippen molar-refractivity contribution in [2.24, 2.45) is 4.99 Å². The van der Waals surface area contributed by atoms with Crippen LogP contribution in [0.3, 0.4) is 0 Å². The lowest BCUT2D eigenvalue weighted by atomic mass is 10.3. The highest BCUT2D eigenvalue weighted by atomic mass is 32.2. The van der Waals surface area contributed by atoms with E-state index in [2.05, 4.69) is 28.0 Å². The zero-order chi connectivity index (χ0) is 15.4. The van der Waals surface area contributed by atoms with Gasteiger partial charge in [0.1, 0.15) is 6.54 Å². The number of allylic oxidation sites excluding steroid dienone is 1. The first-order chi connectivity index (χ1) is 9.52. The zero-order valence-electron chi connectivity index (χ0n) is 13.2. The molecule has 0 aromatic rings. The van der Waals surface area contributed by atoms with E-state index in [1.165, 1.54) is 0 Å². The molecule has 0 fully saturated rings. The van der Waals surface area contributed by atoms with E-state index in [9.17, 15) is 4.79 Å². The average molecular weight is 300 g/mol. The lowest BCUT2D eigenvalue weighted by molar-refractivity contribution is -0.127. The Morgan fingerprint density at radius 1 is 1.40 bits per heavy atom.